The van der Waals surface area contributed by atoms with Gasteiger partial charge in [-0.05, 0) is 30.5 Å². The van der Waals surface area contributed by atoms with E-state index in [1.165, 1.54) is 17.7 Å². The smallest absolute Gasteiger partial charge is 0.391 e. The number of aromatic nitrogens is 5. The summed E-state index contributed by atoms with van der Waals surface area (Å²) in [5.74, 6) is -1.18. The summed E-state index contributed by atoms with van der Waals surface area (Å²) < 4.78 is 41.4. The molecule has 1 fully saturated rings. The van der Waals surface area contributed by atoms with Gasteiger partial charge in [-0.1, -0.05) is 30.2 Å². The number of fused-ring (bicyclic) bond motifs is 2. The van der Waals surface area contributed by atoms with E-state index in [4.69, 9.17) is 0 Å². The molecule has 0 radical (unpaired) electrons. The van der Waals surface area contributed by atoms with Gasteiger partial charge in [-0.15, -0.1) is 0 Å². The van der Waals surface area contributed by atoms with Gasteiger partial charge in [0.05, 0.1) is 41.4 Å². The maximum Gasteiger partial charge on any atom is 0.451 e. The molecule has 2 N–H and O–H groups in total. The number of alkyl halides is 3. The van der Waals surface area contributed by atoms with Gasteiger partial charge in [-0.2, -0.15) is 13.2 Å². The quantitative estimate of drug-likeness (QED) is 0.486. The van der Waals surface area contributed by atoms with Gasteiger partial charge >= 0.3 is 6.18 Å². The summed E-state index contributed by atoms with van der Waals surface area (Å²) in [6.07, 6.45) is 1.42. The molecule has 5 rings (SSSR count). The summed E-state index contributed by atoms with van der Waals surface area (Å²) in [6.45, 7) is 0.322. The Hall–Kier alpha value is -2.79. The first kappa shape index (κ1) is 20.1. The Morgan fingerprint density at radius 1 is 1.13 bits per heavy atom. The number of imidazole rings is 1. The van der Waals surface area contributed by atoms with Crippen LogP contribution in [-0.4, -0.2) is 41.8 Å². The summed E-state index contributed by atoms with van der Waals surface area (Å²) >= 11 is 1.50. The molecule has 11 heteroatoms. The van der Waals surface area contributed by atoms with Crippen molar-refractivity contribution < 1.29 is 18.3 Å². The number of aliphatic hydroxyl groups excluding tert-OH is 1. The highest BCUT2D eigenvalue weighted by Gasteiger charge is 2.35. The largest absolute Gasteiger partial charge is 0.451 e. The van der Waals surface area contributed by atoms with Crippen molar-refractivity contribution in [3.05, 3.63) is 42.1 Å². The van der Waals surface area contributed by atoms with Crippen LogP contribution in [0.25, 0.3) is 21.4 Å². The van der Waals surface area contributed by atoms with Crippen molar-refractivity contribution in [1.82, 2.24) is 24.5 Å². The fourth-order valence-electron chi connectivity index (χ4n) is 3.87. The highest BCUT2D eigenvalue weighted by Crippen LogP contribution is 2.31. The first-order valence-electron chi connectivity index (χ1n) is 9.96. The van der Waals surface area contributed by atoms with E-state index in [0.29, 0.717) is 12.1 Å². The van der Waals surface area contributed by atoms with E-state index in [-0.39, 0.29) is 17.8 Å². The maximum atomic E-state index is 13.0. The lowest BCUT2D eigenvalue weighted by Gasteiger charge is -2.27. The first-order chi connectivity index (χ1) is 14.9. The molecule has 0 spiro atoms. The summed E-state index contributed by atoms with van der Waals surface area (Å²) in [4.78, 5) is 15.7. The van der Waals surface area contributed by atoms with Gasteiger partial charge < -0.3 is 15.0 Å². The van der Waals surface area contributed by atoms with Gasteiger partial charge in [-0.3, -0.25) is 0 Å². The minimum atomic E-state index is -4.61. The van der Waals surface area contributed by atoms with Gasteiger partial charge in [-0.25, -0.2) is 19.9 Å². The zero-order chi connectivity index (χ0) is 21.6. The van der Waals surface area contributed by atoms with Crippen molar-refractivity contribution in [3.63, 3.8) is 0 Å². The topological polar surface area (TPSA) is 88.8 Å². The van der Waals surface area contributed by atoms with Crippen LogP contribution >= 0.6 is 11.3 Å². The lowest BCUT2D eigenvalue weighted by atomic mass is 9.93. The number of anilines is 1. The van der Waals surface area contributed by atoms with E-state index in [2.05, 4.69) is 25.3 Å². The lowest BCUT2D eigenvalue weighted by molar-refractivity contribution is -0.144. The Morgan fingerprint density at radius 2 is 1.97 bits per heavy atom. The number of halogens is 3. The molecule has 4 aromatic rings. The third kappa shape index (κ3) is 4.07. The molecule has 1 aliphatic rings. The third-order valence-electron chi connectivity index (χ3n) is 5.46. The SMILES string of the molecule is OC1CCCCC1Nc1nc2ccc(Cn3cnc4cnc(C(F)(F)F)nc43)cc2s1. The number of hydrogen-bond donors (Lipinski definition) is 2. The van der Waals surface area contributed by atoms with Crippen LogP contribution in [0.5, 0.6) is 0 Å². The molecule has 162 valence electrons. The van der Waals surface area contributed by atoms with Crippen molar-refractivity contribution >= 4 is 37.8 Å². The van der Waals surface area contributed by atoms with Crippen LogP contribution in [-0.2, 0) is 12.7 Å². The Kier molecular flexibility index (Phi) is 5.01. The third-order valence-corrected chi connectivity index (χ3v) is 6.41. The minimum absolute atomic E-state index is 0.00797. The molecule has 2 unspecified atom stereocenters. The van der Waals surface area contributed by atoms with Crippen LogP contribution in [0.1, 0.15) is 37.1 Å². The Morgan fingerprint density at radius 3 is 2.77 bits per heavy atom. The van der Waals surface area contributed by atoms with Gasteiger partial charge in [0.2, 0.25) is 5.82 Å². The summed E-state index contributed by atoms with van der Waals surface area (Å²) in [6, 6.07) is 5.75. The normalized spacial score (nSPS) is 19.9. The molecule has 0 saturated heterocycles. The molecule has 1 saturated carbocycles. The van der Waals surface area contributed by atoms with E-state index in [1.54, 1.807) is 4.57 Å². The van der Waals surface area contributed by atoms with Crippen LogP contribution in [0.3, 0.4) is 0 Å². The number of benzene rings is 1. The van der Waals surface area contributed by atoms with Crippen molar-refractivity contribution in [2.75, 3.05) is 5.32 Å². The molecule has 3 aromatic heterocycles. The lowest BCUT2D eigenvalue weighted by Crippen LogP contribution is -2.36. The van der Waals surface area contributed by atoms with Gasteiger partial charge in [0.25, 0.3) is 0 Å². The standard InChI is InChI=1S/C20H19F3N6OS/c21-20(22,23)18-24-8-14-17(28-18)29(10-25-14)9-11-5-6-13-16(7-11)31-19(27-13)26-12-3-1-2-4-15(12)30/h5-8,10,12,15,30H,1-4,9H2,(H,26,27). The second kappa shape index (κ2) is 7.72. The van der Waals surface area contributed by atoms with Crippen LogP contribution in [0, 0.1) is 0 Å². The molecule has 0 bridgehead atoms. The predicted octanol–water partition coefficient (Wildman–Crippen LogP) is 4.22. The summed E-state index contributed by atoms with van der Waals surface area (Å²) in [5.41, 5.74) is 2.18. The van der Waals surface area contributed by atoms with Crippen molar-refractivity contribution in [2.24, 2.45) is 0 Å². The van der Waals surface area contributed by atoms with Gasteiger partial charge in [0.1, 0.15) is 5.52 Å². The Labute approximate surface area is 179 Å². The molecular weight excluding hydrogens is 429 g/mol. The molecule has 1 aliphatic carbocycles. The van der Waals surface area contributed by atoms with Crippen LogP contribution in [0.4, 0.5) is 18.3 Å². The minimum Gasteiger partial charge on any atom is -0.391 e. The fraction of sp³-hybridized carbons (Fsp3) is 0.400. The Balaban J connectivity index is 1.39. The highest BCUT2D eigenvalue weighted by molar-refractivity contribution is 7.22. The van der Waals surface area contributed by atoms with Crippen LogP contribution in [0.2, 0.25) is 0 Å². The van der Waals surface area contributed by atoms with E-state index in [1.807, 2.05) is 18.2 Å². The van der Waals surface area contributed by atoms with Crippen molar-refractivity contribution in [3.8, 4) is 0 Å². The predicted molar refractivity (Wildman–Crippen MR) is 111 cm³/mol. The zero-order valence-electron chi connectivity index (χ0n) is 16.3. The number of nitrogens with one attached hydrogen (secondary N) is 1. The average Bonchev–Trinajstić information content (AvgIpc) is 3.32. The molecule has 3 heterocycles. The molecule has 31 heavy (non-hydrogen) atoms. The number of aliphatic hydroxyl groups is 1. The average molecular weight is 448 g/mol. The number of nitrogens with zero attached hydrogens (tertiary/aromatic N) is 5. The van der Waals surface area contributed by atoms with E-state index in [9.17, 15) is 18.3 Å². The second-order valence-electron chi connectivity index (χ2n) is 7.70. The highest BCUT2D eigenvalue weighted by atomic mass is 32.1. The number of thiazole rings is 1. The monoisotopic (exact) mass is 448 g/mol. The van der Waals surface area contributed by atoms with E-state index < -0.39 is 12.0 Å². The molecule has 0 amide bonds. The molecule has 7 nitrogen and oxygen atoms in total. The molecule has 0 aliphatic heterocycles. The molecule has 2 atom stereocenters. The van der Waals surface area contributed by atoms with Crippen molar-refractivity contribution in [1.29, 1.82) is 0 Å². The zero-order valence-corrected chi connectivity index (χ0v) is 17.1. The number of rotatable bonds is 4. The first-order valence-corrected chi connectivity index (χ1v) is 10.8. The molecular formula is C20H19F3N6OS. The number of hydrogen-bond acceptors (Lipinski definition) is 7. The summed E-state index contributed by atoms with van der Waals surface area (Å²) in [7, 11) is 0. The maximum absolute atomic E-state index is 13.0. The second-order valence-corrected chi connectivity index (χ2v) is 8.73. The molecule has 1 aromatic carbocycles. The fourth-order valence-corrected chi connectivity index (χ4v) is 4.86. The van der Waals surface area contributed by atoms with Crippen LogP contribution < -0.4 is 5.32 Å². The van der Waals surface area contributed by atoms with Gasteiger partial charge in [0.15, 0.2) is 10.8 Å². The van der Waals surface area contributed by atoms with E-state index >= 15 is 0 Å². The van der Waals surface area contributed by atoms with Gasteiger partial charge in [0, 0.05) is 0 Å². The Bertz CT molecular complexity index is 1240. The van der Waals surface area contributed by atoms with E-state index in [0.717, 1.165) is 52.8 Å². The van der Waals surface area contributed by atoms with Crippen molar-refractivity contribution in [2.45, 2.75) is 50.6 Å². The summed E-state index contributed by atoms with van der Waals surface area (Å²) in [5, 5.41) is 14.3. The van der Waals surface area contributed by atoms with Crippen LogP contribution in [0.15, 0.2) is 30.7 Å².